The van der Waals surface area contributed by atoms with Crippen LogP contribution in [0.15, 0.2) is 78.0 Å². The largest absolute Gasteiger partial charge is 0.269 e. The number of imide groups is 1. The van der Waals surface area contributed by atoms with E-state index >= 15 is 0 Å². The Morgan fingerprint density at radius 1 is 0.867 bits per heavy atom. The van der Waals surface area contributed by atoms with Crippen molar-refractivity contribution < 1.29 is 9.59 Å². The van der Waals surface area contributed by atoms with Crippen LogP contribution < -0.4 is 0 Å². The van der Waals surface area contributed by atoms with Gasteiger partial charge < -0.3 is 0 Å². The monoisotopic (exact) mass is 414 g/mol. The predicted molar refractivity (Wildman–Crippen MR) is 120 cm³/mol. The van der Waals surface area contributed by atoms with Gasteiger partial charge in [0.25, 0.3) is 11.8 Å². The fourth-order valence-electron chi connectivity index (χ4n) is 3.56. The summed E-state index contributed by atoms with van der Waals surface area (Å²) in [5, 5.41) is 0. The topological polar surface area (TPSA) is 50.3 Å². The SMILES string of the molecule is Cc1ccc(C2=C(SCc3ccccc3)C(=O)N(Cc3ccncc3)C2=O)c(C)c1. The number of carbonyl (C=O) groups is 2. The number of rotatable bonds is 6. The van der Waals surface area contributed by atoms with E-state index in [2.05, 4.69) is 4.98 Å². The Kier molecular flexibility index (Phi) is 5.81. The van der Waals surface area contributed by atoms with Crippen molar-refractivity contribution in [3.8, 4) is 0 Å². The standard InChI is InChI=1S/C25H22N2O2S/c1-17-8-9-21(18(2)14-17)22-23(30-16-20-6-4-3-5-7-20)25(29)27(24(22)28)15-19-10-12-26-13-11-19/h3-14H,15-16H2,1-2H3. The number of aromatic nitrogens is 1. The molecule has 5 heteroatoms. The second-order valence-corrected chi connectivity index (χ2v) is 8.33. The van der Waals surface area contributed by atoms with Crippen molar-refractivity contribution >= 4 is 29.1 Å². The molecule has 4 rings (SSSR count). The average Bonchev–Trinajstić information content (AvgIpc) is 2.98. The van der Waals surface area contributed by atoms with Crippen LogP contribution in [0.25, 0.3) is 5.57 Å². The van der Waals surface area contributed by atoms with Gasteiger partial charge in [0.15, 0.2) is 0 Å². The fraction of sp³-hybridized carbons (Fsp3) is 0.160. The Hall–Kier alpha value is -3.18. The number of nitrogens with zero attached hydrogens (tertiary/aromatic N) is 2. The minimum absolute atomic E-state index is 0.229. The highest BCUT2D eigenvalue weighted by molar-refractivity contribution is 8.03. The maximum absolute atomic E-state index is 13.4. The molecule has 150 valence electrons. The average molecular weight is 415 g/mol. The number of aryl methyl sites for hydroxylation is 2. The van der Waals surface area contributed by atoms with E-state index < -0.39 is 0 Å². The number of thioether (sulfide) groups is 1. The summed E-state index contributed by atoms with van der Waals surface area (Å²) < 4.78 is 0. The van der Waals surface area contributed by atoms with Crippen molar-refractivity contribution in [1.29, 1.82) is 0 Å². The highest BCUT2D eigenvalue weighted by atomic mass is 32.2. The van der Waals surface area contributed by atoms with Crippen LogP contribution in [0.3, 0.4) is 0 Å². The highest BCUT2D eigenvalue weighted by Gasteiger charge is 2.39. The third-order valence-electron chi connectivity index (χ3n) is 5.09. The zero-order chi connectivity index (χ0) is 21.1. The summed E-state index contributed by atoms with van der Waals surface area (Å²) in [4.78, 5) is 32.6. The Morgan fingerprint density at radius 2 is 1.60 bits per heavy atom. The molecule has 0 fully saturated rings. The zero-order valence-electron chi connectivity index (χ0n) is 17.0. The number of amides is 2. The first-order valence-corrected chi connectivity index (χ1v) is 10.8. The van der Waals surface area contributed by atoms with Crippen LogP contribution in [0, 0.1) is 13.8 Å². The molecule has 0 N–H and O–H groups in total. The molecule has 2 amide bonds. The minimum Gasteiger partial charge on any atom is -0.269 e. The van der Waals surface area contributed by atoms with Gasteiger partial charge in [-0.2, -0.15) is 0 Å². The summed E-state index contributed by atoms with van der Waals surface area (Å²) >= 11 is 1.43. The first kappa shape index (κ1) is 20.1. The molecule has 2 heterocycles. The third-order valence-corrected chi connectivity index (χ3v) is 6.24. The molecule has 1 aliphatic heterocycles. The Labute approximate surface area is 180 Å². The van der Waals surface area contributed by atoms with Gasteiger partial charge in [-0.05, 0) is 48.2 Å². The van der Waals surface area contributed by atoms with E-state index in [4.69, 9.17) is 0 Å². The molecule has 0 aliphatic carbocycles. The lowest BCUT2D eigenvalue weighted by molar-refractivity contribution is -0.137. The molecule has 0 unspecified atom stereocenters. The van der Waals surface area contributed by atoms with Crippen LogP contribution in [0.1, 0.15) is 27.8 Å². The van der Waals surface area contributed by atoms with E-state index in [1.54, 1.807) is 12.4 Å². The van der Waals surface area contributed by atoms with Crippen molar-refractivity contribution in [1.82, 2.24) is 9.88 Å². The molecule has 2 aromatic carbocycles. The highest BCUT2D eigenvalue weighted by Crippen LogP contribution is 2.39. The quantitative estimate of drug-likeness (QED) is 0.538. The molecule has 0 spiro atoms. The van der Waals surface area contributed by atoms with Gasteiger partial charge in [0, 0.05) is 18.1 Å². The third kappa shape index (κ3) is 4.07. The molecule has 30 heavy (non-hydrogen) atoms. The van der Waals surface area contributed by atoms with E-state index in [-0.39, 0.29) is 18.4 Å². The van der Waals surface area contributed by atoms with Crippen LogP contribution in [-0.2, 0) is 21.9 Å². The van der Waals surface area contributed by atoms with Crippen LogP contribution in [0.4, 0.5) is 0 Å². The number of hydrogen-bond acceptors (Lipinski definition) is 4. The Bertz CT molecular complexity index is 1120. The first-order chi connectivity index (χ1) is 14.5. The summed E-state index contributed by atoms with van der Waals surface area (Å²) in [6, 6.07) is 19.6. The summed E-state index contributed by atoms with van der Waals surface area (Å²) in [5.41, 5.74) is 5.44. The molecular formula is C25H22N2O2S. The lowest BCUT2D eigenvalue weighted by atomic mass is 9.99. The van der Waals surface area contributed by atoms with Crippen molar-refractivity contribution in [2.24, 2.45) is 0 Å². The number of benzene rings is 2. The molecule has 4 nitrogen and oxygen atoms in total. The van der Waals surface area contributed by atoms with E-state index in [9.17, 15) is 9.59 Å². The van der Waals surface area contributed by atoms with Gasteiger partial charge in [-0.3, -0.25) is 19.5 Å². The van der Waals surface area contributed by atoms with Crippen LogP contribution in [0.5, 0.6) is 0 Å². The molecule has 0 saturated carbocycles. The Balaban J connectivity index is 1.71. The number of hydrogen-bond donors (Lipinski definition) is 0. The maximum Gasteiger partial charge on any atom is 0.268 e. The summed E-state index contributed by atoms with van der Waals surface area (Å²) in [5.74, 6) is 0.166. The molecule has 3 aromatic rings. The van der Waals surface area contributed by atoms with Gasteiger partial charge in [-0.25, -0.2) is 0 Å². The summed E-state index contributed by atoms with van der Waals surface area (Å²) in [6.07, 6.45) is 3.34. The van der Waals surface area contributed by atoms with Crippen LogP contribution >= 0.6 is 11.8 Å². The second-order valence-electron chi connectivity index (χ2n) is 7.35. The lowest BCUT2D eigenvalue weighted by Crippen LogP contribution is -2.31. The normalized spacial score (nSPS) is 14.0. The first-order valence-electron chi connectivity index (χ1n) is 9.78. The fourth-order valence-corrected chi connectivity index (χ4v) is 4.64. The molecule has 1 aliphatic rings. The molecule has 1 aromatic heterocycles. The van der Waals surface area contributed by atoms with Gasteiger partial charge in [0.05, 0.1) is 17.0 Å². The predicted octanol–water partition coefficient (Wildman–Crippen LogP) is 4.91. The molecular weight excluding hydrogens is 392 g/mol. The van der Waals surface area contributed by atoms with Crippen LogP contribution in [0.2, 0.25) is 0 Å². The van der Waals surface area contributed by atoms with E-state index in [1.807, 2.05) is 74.5 Å². The van der Waals surface area contributed by atoms with E-state index in [0.29, 0.717) is 16.2 Å². The van der Waals surface area contributed by atoms with Crippen LogP contribution in [-0.4, -0.2) is 21.7 Å². The molecule has 0 bridgehead atoms. The van der Waals surface area contributed by atoms with Crippen molar-refractivity contribution in [2.75, 3.05) is 0 Å². The van der Waals surface area contributed by atoms with E-state index in [0.717, 1.165) is 27.8 Å². The number of pyridine rings is 1. The minimum atomic E-state index is -0.237. The van der Waals surface area contributed by atoms with Crippen molar-refractivity contribution in [2.45, 2.75) is 26.1 Å². The molecule has 0 radical (unpaired) electrons. The van der Waals surface area contributed by atoms with Crippen molar-refractivity contribution in [3.63, 3.8) is 0 Å². The maximum atomic E-state index is 13.4. The summed E-state index contributed by atoms with van der Waals surface area (Å²) in [7, 11) is 0. The Morgan fingerprint density at radius 3 is 2.30 bits per heavy atom. The van der Waals surface area contributed by atoms with Gasteiger partial charge in [-0.1, -0.05) is 54.1 Å². The van der Waals surface area contributed by atoms with Gasteiger partial charge >= 0.3 is 0 Å². The smallest absolute Gasteiger partial charge is 0.268 e. The number of carbonyl (C=O) groups excluding carboxylic acids is 2. The zero-order valence-corrected chi connectivity index (χ0v) is 17.8. The molecule has 0 atom stereocenters. The second kappa shape index (κ2) is 8.67. The van der Waals surface area contributed by atoms with Crippen molar-refractivity contribution in [3.05, 3.63) is 106 Å². The lowest BCUT2D eigenvalue weighted by Gasteiger charge is -2.15. The van der Waals surface area contributed by atoms with Gasteiger partial charge in [-0.15, -0.1) is 11.8 Å². The van der Waals surface area contributed by atoms with E-state index in [1.165, 1.54) is 16.7 Å². The van der Waals surface area contributed by atoms with Gasteiger partial charge in [0.1, 0.15) is 0 Å². The molecule has 0 saturated heterocycles. The summed E-state index contributed by atoms with van der Waals surface area (Å²) in [6.45, 7) is 4.25. The van der Waals surface area contributed by atoms with Gasteiger partial charge in [0.2, 0.25) is 0 Å².